The second-order valence-electron chi connectivity index (χ2n) is 2.91. The first-order chi connectivity index (χ1) is 6.74. The zero-order valence-electron chi connectivity index (χ0n) is 8.16. The maximum absolute atomic E-state index is 9.75. The molecule has 0 aromatic heterocycles. The Morgan fingerprint density at radius 2 is 2.21 bits per heavy atom. The van der Waals surface area contributed by atoms with Crippen LogP contribution in [0.5, 0.6) is 11.5 Å². The van der Waals surface area contributed by atoms with E-state index in [1.165, 1.54) is 7.11 Å². The normalized spacial score (nSPS) is 9.86. The van der Waals surface area contributed by atoms with Gasteiger partial charge in [-0.1, -0.05) is 12.1 Å². The zero-order chi connectivity index (χ0) is 10.6. The maximum Gasteiger partial charge on any atom is 0.161 e. The number of aliphatic hydroxyl groups is 1. The van der Waals surface area contributed by atoms with E-state index in [1.54, 1.807) is 18.2 Å². The van der Waals surface area contributed by atoms with Gasteiger partial charge in [-0.05, 0) is 18.1 Å². The van der Waals surface area contributed by atoms with Crippen molar-refractivity contribution in [3.63, 3.8) is 0 Å². The number of methoxy groups -OCH3 is 1. The van der Waals surface area contributed by atoms with Crippen molar-refractivity contribution in [2.75, 3.05) is 7.11 Å². The van der Waals surface area contributed by atoms with Gasteiger partial charge in [0.25, 0.3) is 0 Å². The molecular formula is C11H14O3. The van der Waals surface area contributed by atoms with Crippen LogP contribution < -0.4 is 4.74 Å². The van der Waals surface area contributed by atoms with E-state index in [0.29, 0.717) is 23.3 Å². The fourth-order valence-electron chi connectivity index (χ4n) is 1.34. The molecule has 0 aliphatic carbocycles. The van der Waals surface area contributed by atoms with Gasteiger partial charge in [-0.25, -0.2) is 0 Å². The fraction of sp³-hybridized carbons (Fsp3) is 0.273. The standard InChI is InChI=1S/C11H14O3/c1-3-4-9-8(7-12)5-6-10(14-2)11(9)13/h3,5-6,12-13H,1,4,7H2,2H3. The molecule has 14 heavy (non-hydrogen) atoms. The van der Waals surface area contributed by atoms with Gasteiger partial charge in [-0.15, -0.1) is 6.58 Å². The van der Waals surface area contributed by atoms with Gasteiger partial charge in [0.15, 0.2) is 11.5 Å². The summed E-state index contributed by atoms with van der Waals surface area (Å²) in [6, 6.07) is 3.37. The van der Waals surface area contributed by atoms with Crippen LogP contribution in [0.1, 0.15) is 11.1 Å². The molecule has 0 aliphatic rings. The molecule has 2 N–H and O–H groups in total. The van der Waals surface area contributed by atoms with Gasteiger partial charge in [0.2, 0.25) is 0 Å². The topological polar surface area (TPSA) is 49.7 Å². The SMILES string of the molecule is C=CCc1c(CO)ccc(OC)c1O. The predicted octanol–water partition coefficient (Wildman–Crippen LogP) is 1.62. The second kappa shape index (κ2) is 4.67. The third-order valence-electron chi connectivity index (χ3n) is 2.08. The summed E-state index contributed by atoms with van der Waals surface area (Å²) in [7, 11) is 1.49. The second-order valence-corrected chi connectivity index (χ2v) is 2.91. The third kappa shape index (κ3) is 1.88. The Bertz CT molecular complexity index is 332. The van der Waals surface area contributed by atoms with Gasteiger partial charge in [0.1, 0.15) is 0 Å². The van der Waals surface area contributed by atoms with Crippen LogP contribution in [0.4, 0.5) is 0 Å². The molecule has 3 nitrogen and oxygen atoms in total. The van der Waals surface area contributed by atoms with Crippen LogP contribution in [0.3, 0.4) is 0 Å². The van der Waals surface area contributed by atoms with Gasteiger partial charge in [-0.2, -0.15) is 0 Å². The first kappa shape index (κ1) is 10.6. The summed E-state index contributed by atoms with van der Waals surface area (Å²) in [4.78, 5) is 0. The number of aliphatic hydroxyl groups excluding tert-OH is 1. The molecule has 0 aliphatic heterocycles. The molecule has 0 saturated heterocycles. The number of phenolic OH excluding ortho intramolecular Hbond substituents is 1. The van der Waals surface area contributed by atoms with E-state index >= 15 is 0 Å². The number of hydrogen-bond acceptors (Lipinski definition) is 3. The molecule has 1 aromatic carbocycles. The van der Waals surface area contributed by atoms with Gasteiger partial charge < -0.3 is 14.9 Å². The summed E-state index contributed by atoms with van der Waals surface area (Å²) in [6.45, 7) is 3.50. The number of hydrogen-bond donors (Lipinski definition) is 2. The van der Waals surface area contributed by atoms with Gasteiger partial charge in [-0.3, -0.25) is 0 Å². The van der Waals surface area contributed by atoms with Crippen LogP contribution in [0.25, 0.3) is 0 Å². The van der Waals surface area contributed by atoms with Crippen molar-refractivity contribution in [1.82, 2.24) is 0 Å². The van der Waals surface area contributed by atoms with Crippen LogP contribution in [-0.4, -0.2) is 17.3 Å². The Kier molecular flexibility index (Phi) is 3.54. The highest BCUT2D eigenvalue weighted by Crippen LogP contribution is 2.32. The molecule has 1 rings (SSSR count). The number of benzene rings is 1. The molecule has 0 bridgehead atoms. The first-order valence-electron chi connectivity index (χ1n) is 4.34. The molecule has 0 unspecified atom stereocenters. The molecule has 0 atom stereocenters. The predicted molar refractivity (Wildman–Crippen MR) is 54.5 cm³/mol. The lowest BCUT2D eigenvalue weighted by Gasteiger charge is -2.11. The summed E-state index contributed by atoms with van der Waals surface area (Å²) in [5.74, 6) is 0.498. The molecule has 0 heterocycles. The van der Waals surface area contributed by atoms with E-state index in [9.17, 15) is 5.11 Å². The van der Waals surface area contributed by atoms with Gasteiger partial charge in [0.05, 0.1) is 13.7 Å². The minimum atomic E-state index is -0.0965. The highest BCUT2D eigenvalue weighted by Gasteiger charge is 2.10. The Labute approximate surface area is 83.3 Å². The summed E-state index contributed by atoms with van der Waals surface area (Å²) in [5.41, 5.74) is 1.37. The van der Waals surface area contributed by atoms with Crippen molar-refractivity contribution >= 4 is 0 Å². The van der Waals surface area contributed by atoms with Crippen molar-refractivity contribution < 1.29 is 14.9 Å². The minimum absolute atomic E-state index is 0.0824. The molecule has 0 radical (unpaired) electrons. The molecule has 0 amide bonds. The van der Waals surface area contributed by atoms with Crippen molar-refractivity contribution in [3.8, 4) is 11.5 Å². The molecule has 1 aromatic rings. The summed E-state index contributed by atoms with van der Waals surface area (Å²) < 4.78 is 4.97. The minimum Gasteiger partial charge on any atom is -0.504 e. The summed E-state index contributed by atoms with van der Waals surface area (Å²) >= 11 is 0. The molecular weight excluding hydrogens is 180 g/mol. The molecule has 0 spiro atoms. The molecule has 0 fully saturated rings. The summed E-state index contributed by atoms with van der Waals surface area (Å²) in [6.07, 6.45) is 2.19. The van der Waals surface area contributed by atoms with Crippen molar-refractivity contribution in [1.29, 1.82) is 0 Å². The largest absolute Gasteiger partial charge is 0.504 e. The Hall–Kier alpha value is -1.48. The molecule has 3 heteroatoms. The van der Waals surface area contributed by atoms with Crippen molar-refractivity contribution in [3.05, 3.63) is 35.9 Å². The average molecular weight is 194 g/mol. The highest BCUT2D eigenvalue weighted by molar-refractivity contribution is 5.50. The van der Waals surface area contributed by atoms with Crippen molar-refractivity contribution in [2.45, 2.75) is 13.0 Å². The Morgan fingerprint density at radius 1 is 1.50 bits per heavy atom. The van der Waals surface area contributed by atoms with E-state index in [1.807, 2.05) is 0 Å². The number of aromatic hydroxyl groups is 1. The van der Waals surface area contributed by atoms with E-state index in [2.05, 4.69) is 6.58 Å². The number of ether oxygens (including phenoxy) is 1. The van der Waals surface area contributed by atoms with Gasteiger partial charge in [0, 0.05) is 5.56 Å². The zero-order valence-corrected chi connectivity index (χ0v) is 8.16. The van der Waals surface area contributed by atoms with Crippen molar-refractivity contribution in [2.24, 2.45) is 0 Å². The molecule has 76 valence electrons. The maximum atomic E-state index is 9.75. The van der Waals surface area contributed by atoms with Crippen LogP contribution >= 0.6 is 0 Å². The third-order valence-corrected chi connectivity index (χ3v) is 2.08. The van der Waals surface area contributed by atoms with E-state index in [4.69, 9.17) is 9.84 Å². The smallest absolute Gasteiger partial charge is 0.161 e. The fourth-order valence-corrected chi connectivity index (χ4v) is 1.34. The van der Waals surface area contributed by atoms with Crippen LogP contribution in [0.2, 0.25) is 0 Å². The Morgan fingerprint density at radius 3 is 2.71 bits per heavy atom. The van der Waals surface area contributed by atoms with Crippen LogP contribution in [-0.2, 0) is 13.0 Å². The van der Waals surface area contributed by atoms with Crippen LogP contribution in [0.15, 0.2) is 24.8 Å². The number of allylic oxidation sites excluding steroid dienone is 1. The molecule has 0 saturated carbocycles. The first-order valence-corrected chi connectivity index (χ1v) is 4.34. The lowest BCUT2D eigenvalue weighted by Crippen LogP contribution is -1.95. The van der Waals surface area contributed by atoms with E-state index < -0.39 is 0 Å². The number of phenols is 1. The lowest BCUT2D eigenvalue weighted by molar-refractivity contribution is 0.279. The Balaban J connectivity index is 3.23. The van der Waals surface area contributed by atoms with E-state index in [0.717, 1.165) is 0 Å². The summed E-state index contributed by atoms with van der Waals surface area (Å²) in [5, 5.41) is 18.8. The lowest BCUT2D eigenvalue weighted by atomic mass is 10.0. The van der Waals surface area contributed by atoms with E-state index in [-0.39, 0.29) is 12.4 Å². The highest BCUT2D eigenvalue weighted by atomic mass is 16.5. The van der Waals surface area contributed by atoms with Gasteiger partial charge >= 0.3 is 0 Å². The quantitative estimate of drug-likeness (QED) is 0.716. The monoisotopic (exact) mass is 194 g/mol. The number of rotatable bonds is 4. The average Bonchev–Trinajstić information content (AvgIpc) is 2.21. The van der Waals surface area contributed by atoms with Crippen LogP contribution in [0, 0.1) is 0 Å².